The fraction of sp³-hybridized carbons (Fsp3) is 0.273. The van der Waals surface area contributed by atoms with E-state index in [4.69, 9.17) is 11.6 Å². The lowest BCUT2D eigenvalue weighted by atomic mass is 9.93. The largest absolute Gasteiger partial charge is 0.507 e. The van der Waals surface area contributed by atoms with E-state index in [1.807, 2.05) is 56.0 Å². The first-order valence-electron chi connectivity index (χ1n) is 9.37. The highest BCUT2D eigenvalue weighted by atomic mass is 35.5. The number of fused-ring (bicyclic) bond motifs is 1. The van der Waals surface area contributed by atoms with Gasteiger partial charge in [0.05, 0.1) is 6.04 Å². The number of aryl methyl sites for hydroxylation is 2. The number of carbonyl (C=O) groups excluding carboxylic acids is 1. The number of aromatic amines is 1. The number of phenols is 1. The molecule has 0 saturated carbocycles. The van der Waals surface area contributed by atoms with E-state index in [-0.39, 0.29) is 17.7 Å². The normalized spacial score (nSPS) is 15.9. The second-order valence-electron chi connectivity index (χ2n) is 7.29. The van der Waals surface area contributed by atoms with E-state index in [9.17, 15) is 9.90 Å². The predicted molar refractivity (Wildman–Crippen MR) is 110 cm³/mol. The topological polar surface area (TPSA) is 69.2 Å². The zero-order valence-corrected chi connectivity index (χ0v) is 16.8. The van der Waals surface area contributed by atoms with E-state index in [1.54, 1.807) is 6.07 Å². The Morgan fingerprint density at radius 3 is 2.71 bits per heavy atom. The smallest absolute Gasteiger partial charge is 0.273 e. The van der Waals surface area contributed by atoms with Crippen molar-refractivity contribution in [1.82, 2.24) is 15.1 Å². The molecule has 2 heterocycles. The summed E-state index contributed by atoms with van der Waals surface area (Å²) in [4.78, 5) is 14.9. The van der Waals surface area contributed by atoms with Gasteiger partial charge in [0.1, 0.15) is 17.1 Å². The number of carbonyl (C=O) groups is 1. The van der Waals surface area contributed by atoms with Gasteiger partial charge in [-0.3, -0.25) is 9.89 Å². The van der Waals surface area contributed by atoms with Gasteiger partial charge in [0.2, 0.25) is 0 Å². The zero-order chi connectivity index (χ0) is 20.0. The van der Waals surface area contributed by atoms with Gasteiger partial charge in [-0.25, -0.2) is 0 Å². The molecule has 1 aliphatic heterocycles. The summed E-state index contributed by atoms with van der Waals surface area (Å²) in [6, 6.07) is 11.0. The Bertz CT molecular complexity index is 1050. The monoisotopic (exact) mass is 395 g/mol. The highest BCUT2D eigenvalue weighted by molar-refractivity contribution is 6.30. The number of halogens is 1. The van der Waals surface area contributed by atoms with E-state index in [1.165, 1.54) is 0 Å². The lowest BCUT2D eigenvalue weighted by molar-refractivity contribution is 0.0744. The molecule has 3 aromatic rings. The lowest BCUT2D eigenvalue weighted by Gasteiger charge is -2.26. The molecule has 0 saturated heterocycles. The van der Waals surface area contributed by atoms with Crippen molar-refractivity contribution in [2.24, 2.45) is 0 Å². The van der Waals surface area contributed by atoms with E-state index in [0.717, 1.165) is 28.7 Å². The molecule has 1 amide bonds. The van der Waals surface area contributed by atoms with Gasteiger partial charge in [0.15, 0.2) is 0 Å². The molecule has 1 atom stereocenters. The average Bonchev–Trinajstić information content (AvgIpc) is 3.15. The molecule has 0 spiro atoms. The summed E-state index contributed by atoms with van der Waals surface area (Å²) >= 11 is 6.24. The zero-order valence-electron chi connectivity index (χ0n) is 16.1. The van der Waals surface area contributed by atoms with E-state index >= 15 is 0 Å². The van der Waals surface area contributed by atoms with Crippen molar-refractivity contribution in [3.63, 3.8) is 0 Å². The van der Waals surface area contributed by atoms with Gasteiger partial charge in [0, 0.05) is 22.7 Å². The van der Waals surface area contributed by atoms with Crippen LogP contribution in [0.2, 0.25) is 5.02 Å². The molecule has 0 radical (unpaired) electrons. The molecular weight excluding hydrogens is 374 g/mol. The molecule has 1 aromatic heterocycles. The average molecular weight is 396 g/mol. The fourth-order valence-electron chi connectivity index (χ4n) is 4.14. The number of aromatic nitrogens is 2. The van der Waals surface area contributed by atoms with Crippen LogP contribution in [-0.2, 0) is 0 Å². The number of benzene rings is 2. The first-order chi connectivity index (χ1) is 13.4. The molecule has 0 bridgehead atoms. The van der Waals surface area contributed by atoms with Crippen LogP contribution in [0.15, 0.2) is 36.4 Å². The van der Waals surface area contributed by atoms with Gasteiger partial charge in [-0.2, -0.15) is 5.10 Å². The molecule has 6 heteroatoms. The van der Waals surface area contributed by atoms with Crippen molar-refractivity contribution in [3.8, 4) is 17.0 Å². The Kier molecular flexibility index (Phi) is 4.63. The molecule has 28 heavy (non-hydrogen) atoms. The van der Waals surface area contributed by atoms with Gasteiger partial charge < -0.3 is 10.0 Å². The van der Waals surface area contributed by atoms with Crippen LogP contribution >= 0.6 is 11.6 Å². The number of hydrogen-bond donors (Lipinski definition) is 2. The van der Waals surface area contributed by atoms with Crippen LogP contribution in [0.25, 0.3) is 11.3 Å². The number of amides is 1. The molecule has 4 rings (SSSR count). The number of nitrogens with zero attached hydrogens (tertiary/aromatic N) is 2. The molecule has 0 aliphatic carbocycles. The first kappa shape index (κ1) is 18.6. The summed E-state index contributed by atoms with van der Waals surface area (Å²) in [5.41, 5.74) is 5.36. The van der Waals surface area contributed by atoms with E-state index in [2.05, 4.69) is 10.2 Å². The quantitative estimate of drug-likeness (QED) is 0.652. The summed E-state index contributed by atoms with van der Waals surface area (Å²) in [5, 5.41) is 18.6. The molecule has 1 aliphatic rings. The molecule has 0 fully saturated rings. The van der Waals surface area contributed by atoms with Gasteiger partial charge in [0.25, 0.3) is 5.91 Å². The number of aromatic hydroxyl groups is 1. The van der Waals surface area contributed by atoms with Crippen LogP contribution < -0.4 is 0 Å². The van der Waals surface area contributed by atoms with Crippen molar-refractivity contribution >= 4 is 17.5 Å². The summed E-state index contributed by atoms with van der Waals surface area (Å²) < 4.78 is 0. The third-order valence-electron chi connectivity index (χ3n) is 5.19. The van der Waals surface area contributed by atoms with Crippen molar-refractivity contribution in [3.05, 3.63) is 69.4 Å². The Hall–Kier alpha value is -2.79. The highest BCUT2D eigenvalue weighted by Crippen LogP contribution is 2.45. The van der Waals surface area contributed by atoms with Gasteiger partial charge >= 0.3 is 0 Å². The SMILES string of the molecule is CCCN1C(=O)c2[nH]nc(-c3c(C)cc(C)cc3O)c2C1c1cccc(Cl)c1. The summed E-state index contributed by atoms with van der Waals surface area (Å²) in [6.45, 7) is 6.55. The number of hydrogen-bond acceptors (Lipinski definition) is 3. The minimum Gasteiger partial charge on any atom is -0.507 e. The number of nitrogens with one attached hydrogen (secondary N) is 1. The molecule has 5 nitrogen and oxygen atoms in total. The van der Waals surface area contributed by atoms with Crippen LogP contribution in [0.3, 0.4) is 0 Å². The fourth-order valence-corrected chi connectivity index (χ4v) is 4.33. The van der Waals surface area contributed by atoms with E-state index < -0.39 is 0 Å². The van der Waals surface area contributed by atoms with Crippen molar-refractivity contribution in [2.45, 2.75) is 33.2 Å². The Balaban J connectivity index is 1.96. The molecule has 2 aromatic carbocycles. The second-order valence-corrected chi connectivity index (χ2v) is 7.73. The highest BCUT2D eigenvalue weighted by Gasteiger charge is 2.42. The Morgan fingerprint density at radius 1 is 1.25 bits per heavy atom. The minimum absolute atomic E-state index is 0.0789. The summed E-state index contributed by atoms with van der Waals surface area (Å²) in [5.74, 6) is 0.0860. The lowest BCUT2D eigenvalue weighted by Crippen LogP contribution is -2.30. The summed E-state index contributed by atoms with van der Waals surface area (Å²) in [6.07, 6.45) is 0.838. The van der Waals surface area contributed by atoms with Crippen LogP contribution in [0.4, 0.5) is 0 Å². The molecular formula is C22H22ClN3O2. The van der Waals surface area contributed by atoms with Crippen molar-refractivity contribution in [1.29, 1.82) is 0 Å². The number of phenolic OH excluding ortho intramolecular Hbond substituents is 1. The van der Waals surface area contributed by atoms with Gasteiger partial charge in [-0.15, -0.1) is 0 Å². The third kappa shape index (κ3) is 2.87. The first-order valence-corrected chi connectivity index (χ1v) is 9.75. The second kappa shape index (κ2) is 6.99. The van der Waals surface area contributed by atoms with Crippen LogP contribution in [-0.4, -0.2) is 32.7 Å². The van der Waals surface area contributed by atoms with Crippen LogP contribution in [0.5, 0.6) is 5.75 Å². The van der Waals surface area contributed by atoms with Crippen molar-refractivity contribution < 1.29 is 9.90 Å². The van der Waals surface area contributed by atoms with Crippen LogP contribution in [0, 0.1) is 13.8 Å². The third-order valence-corrected chi connectivity index (χ3v) is 5.42. The van der Waals surface area contributed by atoms with Gasteiger partial charge in [-0.1, -0.05) is 36.7 Å². The van der Waals surface area contributed by atoms with Gasteiger partial charge in [-0.05, 0) is 55.2 Å². The van der Waals surface area contributed by atoms with Crippen LogP contribution in [0.1, 0.15) is 52.1 Å². The maximum atomic E-state index is 13.1. The summed E-state index contributed by atoms with van der Waals surface area (Å²) in [7, 11) is 0. The molecule has 144 valence electrons. The van der Waals surface area contributed by atoms with Crippen molar-refractivity contribution in [2.75, 3.05) is 6.54 Å². The predicted octanol–water partition coefficient (Wildman–Crippen LogP) is 5.01. The maximum Gasteiger partial charge on any atom is 0.273 e. The number of H-pyrrole nitrogens is 1. The Morgan fingerprint density at radius 2 is 2.04 bits per heavy atom. The molecule has 1 unspecified atom stereocenters. The standard InChI is InChI=1S/C22H22ClN3O2/c1-4-8-26-21(14-6-5-7-15(23)11-14)18-19(24-25-20(18)22(26)28)17-13(3)9-12(2)10-16(17)27/h5-7,9-11,21,27H,4,8H2,1-3H3,(H,24,25). The Labute approximate surface area is 169 Å². The maximum absolute atomic E-state index is 13.1. The van der Waals surface area contributed by atoms with E-state index in [0.29, 0.717) is 28.5 Å². The minimum atomic E-state index is -0.296. The molecule has 2 N–H and O–H groups in total. The number of rotatable bonds is 4.